The fourth-order valence-electron chi connectivity index (χ4n) is 1.78. The third-order valence-corrected chi connectivity index (χ3v) is 4.12. The number of hydrogen-bond donors (Lipinski definition) is 1. The van der Waals surface area contributed by atoms with E-state index in [1.54, 1.807) is 11.3 Å². The Morgan fingerprint density at radius 1 is 1.41 bits per heavy atom. The van der Waals surface area contributed by atoms with Crippen molar-refractivity contribution in [3.05, 3.63) is 23.3 Å². The van der Waals surface area contributed by atoms with Gasteiger partial charge in [0.2, 0.25) is 0 Å². The monoisotopic (exact) mass is 250 g/mol. The first-order chi connectivity index (χ1) is 8.09. The van der Waals surface area contributed by atoms with Gasteiger partial charge in [0.1, 0.15) is 5.75 Å². The zero-order valence-corrected chi connectivity index (χ0v) is 11.3. The maximum atomic E-state index is 9.85. The van der Waals surface area contributed by atoms with E-state index in [4.69, 9.17) is 0 Å². The van der Waals surface area contributed by atoms with E-state index in [1.165, 1.54) is 11.8 Å². The number of thiophene rings is 1. The third kappa shape index (κ3) is 2.58. The zero-order chi connectivity index (χ0) is 12.4. The molecule has 2 heterocycles. The number of nitrogens with zero attached hydrogens (tertiary/aromatic N) is 2. The molecule has 4 heteroatoms. The highest BCUT2D eigenvalue weighted by Gasteiger charge is 2.10. The van der Waals surface area contributed by atoms with Crippen molar-refractivity contribution in [3.63, 3.8) is 0 Å². The lowest BCUT2D eigenvalue weighted by Crippen LogP contribution is -2.28. The van der Waals surface area contributed by atoms with Crippen molar-refractivity contribution in [2.75, 3.05) is 13.6 Å². The molecule has 0 aliphatic rings. The average Bonchev–Trinajstić information content (AvgIpc) is 2.70. The van der Waals surface area contributed by atoms with E-state index >= 15 is 0 Å². The first-order valence-electron chi connectivity index (χ1n) is 5.83. The van der Waals surface area contributed by atoms with Gasteiger partial charge in [-0.25, -0.2) is 0 Å². The van der Waals surface area contributed by atoms with Crippen LogP contribution in [0.3, 0.4) is 0 Å². The standard InChI is InChI=1S/C13H18N2OS/c1-9(2)15(3)5-4-10-8-17-12-7-14-6-11(16)13(10)12/h6-9,16H,4-5H2,1-3H3. The van der Waals surface area contributed by atoms with Crippen LogP contribution in [-0.2, 0) is 6.42 Å². The fourth-order valence-corrected chi connectivity index (χ4v) is 2.76. The van der Waals surface area contributed by atoms with Crippen LogP contribution in [-0.4, -0.2) is 34.6 Å². The lowest BCUT2D eigenvalue weighted by Gasteiger charge is -2.20. The summed E-state index contributed by atoms with van der Waals surface area (Å²) in [5.74, 6) is 0.297. The molecule has 1 N–H and O–H groups in total. The lowest BCUT2D eigenvalue weighted by atomic mass is 10.1. The van der Waals surface area contributed by atoms with Gasteiger partial charge in [-0.15, -0.1) is 11.3 Å². The normalized spacial score (nSPS) is 11.8. The molecule has 0 aliphatic carbocycles. The average molecular weight is 250 g/mol. The SMILES string of the molecule is CC(C)N(C)CCc1csc2cncc(O)c12. The van der Waals surface area contributed by atoms with Gasteiger partial charge in [-0.3, -0.25) is 4.98 Å². The number of aromatic nitrogens is 1. The predicted octanol–water partition coefficient (Wildman–Crippen LogP) is 2.88. The quantitative estimate of drug-likeness (QED) is 0.906. The van der Waals surface area contributed by atoms with Crippen LogP contribution >= 0.6 is 11.3 Å². The highest BCUT2D eigenvalue weighted by molar-refractivity contribution is 7.17. The molecule has 2 rings (SSSR count). The number of likely N-dealkylation sites (N-methyl/N-ethyl adjacent to an activating group) is 1. The van der Waals surface area contributed by atoms with Gasteiger partial charge >= 0.3 is 0 Å². The summed E-state index contributed by atoms with van der Waals surface area (Å²) in [6.45, 7) is 5.38. The summed E-state index contributed by atoms with van der Waals surface area (Å²) in [5, 5.41) is 12.9. The van der Waals surface area contributed by atoms with Crippen LogP contribution in [0.5, 0.6) is 5.75 Å². The molecule has 0 saturated carbocycles. The molecule has 92 valence electrons. The molecule has 0 fully saturated rings. The van der Waals surface area contributed by atoms with Crippen LogP contribution < -0.4 is 0 Å². The van der Waals surface area contributed by atoms with Gasteiger partial charge in [0.05, 0.1) is 10.9 Å². The minimum Gasteiger partial charge on any atom is -0.506 e. The Morgan fingerprint density at radius 2 is 2.18 bits per heavy atom. The van der Waals surface area contributed by atoms with E-state index in [-0.39, 0.29) is 0 Å². The van der Waals surface area contributed by atoms with Gasteiger partial charge in [0.25, 0.3) is 0 Å². The van der Waals surface area contributed by atoms with Gasteiger partial charge in [-0.05, 0) is 38.3 Å². The molecule has 0 atom stereocenters. The van der Waals surface area contributed by atoms with Gasteiger partial charge in [0.15, 0.2) is 0 Å². The van der Waals surface area contributed by atoms with Crippen molar-refractivity contribution in [1.29, 1.82) is 0 Å². The summed E-state index contributed by atoms with van der Waals surface area (Å²) in [6, 6.07) is 0.551. The molecule has 0 radical (unpaired) electrons. The molecule has 0 bridgehead atoms. The van der Waals surface area contributed by atoms with Crippen molar-refractivity contribution in [1.82, 2.24) is 9.88 Å². The van der Waals surface area contributed by atoms with E-state index in [0.29, 0.717) is 11.8 Å². The van der Waals surface area contributed by atoms with Crippen molar-refractivity contribution in [3.8, 4) is 5.75 Å². The van der Waals surface area contributed by atoms with E-state index in [1.807, 2.05) is 6.20 Å². The third-order valence-electron chi connectivity index (χ3n) is 3.16. The Bertz CT molecular complexity index is 507. The molecule has 2 aromatic heterocycles. The number of pyridine rings is 1. The summed E-state index contributed by atoms with van der Waals surface area (Å²) in [4.78, 5) is 6.31. The van der Waals surface area contributed by atoms with E-state index in [0.717, 1.165) is 23.1 Å². The predicted molar refractivity (Wildman–Crippen MR) is 72.8 cm³/mol. The second-order valence-electron chi connectivity index (χ2n) is 4.62. The van der Waals surface area contributed by atoms with Crippen LogP contribution in [0.4, 0.5) is 0 Å². The molecule has 0 aliphatic heterocycles. The Hall–Kier alpha value is -1.13. The Balaban J connectivity index is 2.19. The molecule has 0 saturated heterocycles. The second kappa shape index (κ2) is 5.02. The van der Waals surface area contributed by atoms with Crippen LogP contribution in [0, 0.1) is 0 Å². The highest BCUT2D eigenvalue weighted by Crippen LogP contribution is 2.32. The van der Waals surface area contributed by atoms with E-state index < -0.39 is 0 Å². The van der Waals surface area contributed by atoms with Crippen LogP contribution in [0.15, 0.2) is 17.8 Å². The summed E-state index contributed by atoms with van der Waals surface area (Å²) >= 11 is 1.65. The van der Waals surface area contributed by atoms with Crippen molar-refractivity contribution >= 4 is 21.4 Å². The van der Waals surface area contributed by atoms with Crippen molar-refractivity contribution in [2.24, 2.45) is 0 Å². The molecule has 0 amide bonds. The summed E-state index contributed by atoms with van der Waals surface area (Å²) < 4.78 is 1.06. The lowest BCUT2D eigenvalue weighted by molar-refractivity contribution is 0.278. The van der Waals surface area contributed by atoms with Gasteiger partial charge in [0, 0.05) is 24.2 Å². The Labute approximate surface area is 106 Å². The van der Waals surface area contributed by atoms with Gasteiger partial charge in [-0.1, -0.05) is 0 Å². The topological polar surface area (TPSA) is 36.4 Å². The molecule has 0 spiro atoms. The summed E-state index contributed by atoms with van der Waals surface area (Å²) in [7, 11) is 2.13. The van der Waals surface area contributed by atoms with E-state index in [9.17, 15) is 5.11 Å². The zero-order valence-electron chi connectivity index (χ0n) is 10.5. The smallest absolute Gasteiger partial charge is 0.142 e. The first kappa shape index (κ1) is 12.3. The number of fused-ring (bicyclic) bond motifs is 1. The molecule has 3 nitrogen and oxygen atoms in total. The van der Waals surface area contributed by atoms with Crippen molar-refractivity contribution < 1.29 is 5.11 Å². The molecule has 17 heavy (non-hydrogen) atoms. The number of rotatable bonds is 4. The maximum Gasteiger partial charge on any atom is 0.142 e. The Kier molecular flexibility index (Phi) is 3.64. The summed E-state index contributed by atoms with van der Waals surface area (Å²) in [5.41, 5.74) is 1.22. The second-order valence-corrected chi connectivity index (χ2v) is 5.53. The highest BCUT2D eigenvalue weighted by atomic mass is 32.1. The molecule has 2 aromatic rings. The Morgan fingerprint density at radius 3 is 2.88 bits per heavy atom. The first-order valence-corrected chi connectivity index (χ1v) is 6.71. The maximum absolute atomic E-state index is 9.85. The van der Waals surface area contributed by atoms with Crippen LogP contribution in [0.25, 0.3) is 10.1 Å². The largest absolute Gasteiger partial charge is 0.506 e. The number of hydrogen-bond acceptors (Lipinski definition) is 4. The summed E-state index contributed by atoms with van der Waals surface area (Å²) in [6.07, 6.45) is 4.30. The fraction of sp³-hybridized carbons (Fsp3) is 0.462. The van der Waals surface area contributed by atoms with Crippen LogP contribution in [0.2, 0.25) is 0 Å². The van der Waals surface area contributed by atoms with Gasteiger partial charge in [-0.2, -0.15) is 0 Å². The molecular weight excluding hydrogens is 232 g/mol. The van der Waals surface area contributed by atoms with Gasteiger partial charge < -0.3 is 10.0 Å². The molecular formula is C13H18N2OS. The van der Waals surface area contributed by atoms with E-state index in [2.05, 4.69) is 36.2 Å². The molecule has 0 aromatic carbocycles. The minimum absolute atomic E-state index is 0.297. The number of aromatic hydroxyl groups is 1. The van der Waals surface area contributed by atoms with Crippen molar-refractivity contribution in [2.45, 2.75) is 26.3 Å². The molecule has 0 unspecified atom stereocenters. The minimum atomic E-state index is 0.297. The van der Waals surface area contributed by atoms with Crippen LogP contribution in [0.1, 0.15) is 19.4 Å².